The lowest BCUT2D eigenvalue weighted by atomic mass is 9.83. The van der Waals surface area contributed by atoms with Gasteiger partial charge in [0, 0.05) is 21.8 Å². The molecule has 1 unspecified atom stereocenters. The van der Waals surface area contributed by atoms with Crippen LogP contribution in [0.25, 0.3) is 0 Å². The average Bonchev–Trinajstić information content (AvgIpc) is 2.56. The zero-order valence-corrected chi connectivity index (χ0v) is 13.1. The molecule has 0 radical (unpaired) electrons. The van der Waals surface area contributed by atoms with Crippen molar-refractivity contribution in [3.8, 4) is 0 Å². The minimum absolute atomic E-state index is 0.477. The molecule has 0 aliphatic carbocycles. The molecule has 0 fully saturated rings. The highest BCUT2D eigenvalue weighted by Gasteiger charge is 2.36. The summed E-state index contributed by atoms with van der Waals surface area (Å²) in [5.74, 6) is 0. The number of hydrogen-bond acceptors (Lipinski definition) is 2. The van der Waals surface area contributed by atoms with E-state index < -0.39 is 5.60 Å². The zero-order valence-electron chi connectivity index (χ0n) is 11.6. The second-order valence-corrected chi connectivity index (χ2v) is 5.76. The van der Waals surface area contributed by atoms with Crippen LogP contribution in [0.4, 0.5) is 0 Å². The summed E-state index contributed by atoms with van der Waals surface area (Å²) in [6, 6.07) is 19.7. The van der Waals surface area contributed by atoms with Crippen LogP contribution >= 0.6 is 23.2 Å². The van der Waals surface area contributed by atoms with E-state index in [0.717, 1.165) is 0 Å². The summed E-state index contributed by atoms with van der Waals surface area (Å²) in [5, 5.41) is 12.6. The molecule has 0 aliphatic rings. The Morgan fingerprint density at radius 2 is 1.50 bits per heavy atom. The van der Waals surface area contributed by atoms with Crippen molar-refractivity contribution in [3.63, 3.8) is 0 Å². The number of benzene rings is 2. The van der Waals surface area contributed by atoms with Crippen molar-refractivity contribution < 1.29 is 5.11 Å². The van der Waals surface area contributed by atoms with Gasteiger partial charge in [0.2, 0.25) is 0 Å². The van der Waals surface area contributed by atoms with Crippen molar-refractivity contribution in [2.75, 3.05) is 0 Å². The van der Waals surface area contributed by atoms with Crippen molar-refractivity contribution in [2.24, 2.45) is 0 Å². The fraction of sp³-hybridized carbons (Fsp3) is 0.0556. The van der Waals surface area contributed by atoms with Gasteiger partial charge in [-0.05, 0) is 35.9 Å². The van der Waals surface area contributed by atoms with Crippen LogP contribution in [0, 0.1) is 0 Å². The van der Waals surface area contributed by atoms with E-state index in [9.17, 15) is 5.11 Å². The number of nitrogens with zero attached hydrogens (tertiary/aromatic N) is 1. The average molecular weight is 330 g/mol. The van der Waals surface area contributed by atoms with E-state index in [-0.39, 0.29) is 0 Å². The molecular weight excluding hydrogens is 317 g/mol. The van der Waals surface area contributed by atoms with E-state index in [4.69, 9.17) is 23.2 Å². The van der Waals surface area contributed by atoms with Gasteiger partial charge in [-0.1, -0.05) is 59.6 Å². The molecule has 0 saturated heterocycles. The molecule has 0 saturated carbocycles. The molecule has 3 aromatic rings. The number of aromatic nitrogens is 1. The molecular formula is C18H13Cl2NO. The summed E-state index contributed by atoms with van der Waals surface area (Å²) in [6.45, 7) is 0. The summed E-state index contributed by atoms with van der Waals surface area (Å²) < 4.78 is 0. The molecule has 22 heavy (non-hydrogen) atoms. The molecule has 4 heteroatoms. The second-order valence-electron chi connectivity index (χ2n) is 4.91. The third kappa shape index (κ3) is 2.61. The van der Waals surface area contributed by atoms with Gasteiger partial charge >= 0.3 is 0 Å². The summed E-state index contributed by atoms with van der Waals surface area (Å²) in [4.78, 5) is 4.33. The van der Waals surface area contributed by atoms with Crippen molar-refractivity contribution >= 4 is 23.2 Å². The maximum atomic E-state index is 11.5. The first-order valence-corrected chi connectivity index (χ1v) is 7.53. The van der Waals surface area contributed by atoms with E-state index in [1.165, 1.54) is 0 Å². The van der Waals surface area contributed by atoms with Crippen LogP contribution < -0.4 is 0 Å². The SMILES string of the molecule is OC(c1ccc(Cl)cc1)(c1ccccn1)c1ccccc1Cl. The normalized spacial score (nSPS) is 13.6. The molecule has 3 rings (SSSR count). The first-order valence-electron chi connectivity index (χ1n) is 6.77. The van der Waals surface area contributed by atoms with Gasteiger partial charge in [-0.15, -0.1) is 0 Å². The molecule has 2 aromatic carbocycles. The number of halogens is 2. The Morgan fingerprint density at radius 3 is 2.14 bits per heavy atom. The Kier molecular flexibility index (Phi) is 4.16. The third-order valence-corrected chi connectivity index (χ3v) is 4.14. The molecule has 1 heterocycles. The van der Waals surface area contributed by atoms with Gasteiger partial charge < -0.3 is 5.11 Å². The van der Waals surface area contributed by atoms with Crippen LogP contribution in [0.15, 0.2) is 72.9 Å². The predicted octanol–water partition coefficient (Wildman–Crippen LogP) is 4.67. The standard InChI is InChI=1S/C18H13Cl2NO/c19-14-10-8-13(9-11-14)18(22,17-7-3-4-12-21-17)15-5-1-2-6-16(15)20/h1-12,22H. The number of hydrogen-bond donors (Lipinski definition) is 1. The van der Waals surface area contributed by atoms with Gasteiger partial charge in [0.15, 0.2) is 5.60 Å². The highest BCUT2D eigenvalue weighted by Crippen LogP contribution is 2.39. The quantitative estimate of drug-likeness (QED) is 0.757. The molecule has 110 valence electrons. The van der Waals surface area contributed by atoms with Crippen LogP contribution in [-0.4, -0.2) is 10.1 Å². The smallest absolute Gasteiger partial charge is 0.158 e. The van der Waals surface area contributed by atoms with Gasteiger partial charge in [-0.2, -0.15) is 0 Å². The van der Waals surface area contributed by atoms with E-state index >= 15 is 0 Å². The summed E-state index contributed by atoms with van der Waals surface area (Å²) in [5.41, 5.74) is 0.302. The Labute approximate surface area is 139 Å². The van der Waals surface area contributed by atoms with E-state index in [1.54, 1.807) is 54.7 Å². The Morgan fingerprint density at radius 1 is 0.818 bits per heavy atom. The van der Waals surface area contributed by atoms with Crippen LogP contribution in [0.1, 0.15) is 16.8 Å². The van der Waals surface area contributed by atoms with Gasteiger partial charge in [-0.25, -0.2) is 0 Å². The largest absolute Gasteiger partial charge is 0.374 e. The molecule has 1 N–H and O–H groups in total. The molecule has 2 nitrogen and oxygen atoms in total. The fourth-order valence-electron chi connectivity index (χ4n) is 2.46. The van der Waals surface area contributed by atoms with Gasteiger partial charge in [0.1, 0.15) is 0 Å². The Bertz CT molecular complexity index is 775. The first-order chi connectivity index (χ1) is 10.6. The summed E-state index contributed by atoms with van der Waals surface area (Å²) in [7, 11) is 0. The lowest BCUT2D eigenvalue weighted by Gasteiger charge is -2.29. The molecule has 0 bridgehead atoms. The van der Waals surface area contributed by atoms with Crippen LogP contribution in [-0.2, 0) is 5.60 Å². The maximum absolute atomic E-state index is 11.5. The number of rotatable bonds is 3. The van der Waals surface area contributed by atoms with Crippen molar-refractivity contribution in [1.29, 1.82) is 0 Å². The van der Waals surface area contributed by atoms with Crippen molar-refractivity contribution in [1.82, 2.24) is 4.98 Å². The monoisotopic (exact) mass is 329 g/mol. The molecule has 1 atom stereocenters. The van der Waals surface area contributed by atoms with E-state index in [2.05, 4.69) is 4.98 Å². The fourth-order valence-corrected chi connectivity index (χ4v) is 2.86. The van der Waals surface area contributed by atoms with Gasteiger partial charge in [-0.3, -0.25) is 4.98 Å². The first kappa shape index (κ1) is 15.0. The third-order valence-electron chi connectivity index (χ3n) is 3.56. The predicted molar refractivity (Wildman–Crippen MR) is 89.2 cm³/mol. The van der Waals surface area contributed by atoms with Crippen LogP contribution in [0.2, 0.25) is 10.0 Å². The van der Waals surface area contributed by atoms with Crippen molar-refractivity contribution in [3.05, 3.63) is 99.8 Å². The Balaban J connectivity index is 2.27. The van der Waals surface area contributed by atoms with Crippen LogP contribution in [0.3, 0.4) is 0 Å². The lowest BCUT2D eigenvalue weighted by Crippen LogP contribution is -2.30. The van der Waals surface area contributed by atoms with Crippen molar-refractivity contribution in [2.45, 2.75) is 5.60 Å². The second kappa shape index (κ2) is 6.09. The minimum Gasteiger partial charge on any atom is -0.374 e. The summed E-state index contributed by atoms with van der Waals surface area (Å²) in [6.07, 6.45) is 1.65. The molecule has 1 aromatic heterocycles. The minimum atomic E-state index is -1.44. The van der Waals surface area contributed by atoms with Gasteiger partial charge in [0.25, 0.3) is 0 Å². The van der Waals surface area contributed by atoms with Crippen LogP contribution in [0.5, 0.6) is 0 Å². The molecule has 0 spiro atoms. The number of pyridine rings is 1. The highest BCUT2D eigenvalue weighted by molar-refractivity contribution is 6.31. The molecule has 0 aliphatic heterocycles. The highest BCUT2D eigenvalue weighted by atomic mass is 35.5. The van der Waals surface area contributed by atoms with Gasteiger partial charge in [0.05, 0.1) is 5.69 Å². The Hall–Kier alpha value is -1.87. The summed E-state index contributed by atoms with van der Waals surface area (Å²) >= 11 is 12.3. The lowest BCUT2D eigenvalue weighted by molar-refractivity contribution is 0.121. The number of aliphatic hydroxyl groups is 1. The van der Waals surface area contributed by atoms with E-state index in [0.29, 0.717) is 26.9 Å². The maximum Gasteiger partial charge on any atom is 0.158 e. The zero-order chi connectivity index (χ0) is 15.6. The molecule has 0 amide bonds. The topological polar surface area (TPSA) is 33.1 Å². The van der Waals surface area contributed by atoms with E-state index in [1.807, 2.05) is 18.2 Å².